The van der Waals surface area contributed by atoms with Crippen LogP contribution in [0.3, 0.4) is 0 Å². The van der Waals surface area contributed by atoms with Gasteiger partial charge in [-0.05, 0) is 24.3 Å². The number of methoxy groups -OCH3 is 2. The summed E-state index contributed by atoms with van der Waals surface area (Å²) in [7, 11) is 2.79. The summed E-state index contributed by atoms with van der Waals surface area (Å²) in [6.07, 6.45) is 1.39. The fraction of sp³-hybridized carbons (Fsp3) is 0.111. The largest absolute Gasteiger partial charge is 0.496 e. The summed E-state index contributed by atoms with van der Waals surface area (Å²) >= 11 is 1.32. The van der Waals surface area contributed by atoms with Crippen LogP contribution in [0.1, 0.15) is 5.56 Å². The Balaban J connectivity index is 1.78. The van der Waals surface area contributed by atoms with Gasteiger partial charge >= 0.3 is 5.69 Å². The Hall–Kier alpha value is -3.53. The number of anilines is 1. The standard InChI is InChI=1S/C18H15FN4O4S/c1-26-16-8-17(27-2)15(23(24)25)7-12(16)9-20-22-18-21-14(10-28-18)11-3-5-13(19)6-4-11/h3-10H,1-2H3,(H,21,22)/b20-9-. The Morgan fingerprint density at radius 2 is 1.93 bits per heavy atom. The highest BCUT2D eigenvalue weighted by Crippen LogP contribution is 2.33. The van der Waals surface area contributed by atoms with Crippen LogP contribution in [0.25, 0.3) is 11.3 Å². The van der Waals surface area contributed by atoms with Gasteiger partial charge in [-0.2, -0.15) is 5.10 Å². The maximum Gasteiger partial charge on any atom is 0.311 e. The molecule has 0 spiro atoms. The minimum Gasteiger partial charge on any atom is -0.496 e. The molecule has 8 nitrogen and oxygen atoms in total. The number of nitro groups is 1. The summed E-state index contributed by atoms with van der Waals surface area (Å²) in [4.78, 5) is 15.0. The molecule has 0 bridgehead atoms. The summed E-state index contributed by atoms with van der Waals surface area (Å²) in [6, 6.07) is 8.74. The molecule has 0 saturated carbocycles. The fourth-order valence-electron chi connectivity index (χ4n) is 2.39. The van der Waals surface area contributed by atoms with Gasteiger partial charge in [-0.3, -0.25) is 15.5 Å². The molecular formula is C18H15FN4O4S. The minimum atomic E-state index is -0.543. The molecule has 10 heteroatoms. The molecular weight excluding hydrogens is 387 g/mol. The molecule has 0 radical (unpaired) electrons. The highest BCUT2D eigenvalue weighted by Gasteiger charge is 2.18. The Labute approximate surface area is 163 Å². The van der Waals surface area contributed by atoms with Gasteiger partial charge < -0.3 is 9.47 Å². The lowest BCUT2D eigenvalue weighted by Crippen LogP contribution is -1.99. The quantitative estimate of drug-likeness (QED) is 0.359. The number of thiazole rings is 1. The van der Waals surface area contributed by atoms with E-state index in [9.17, 15) is 14.5 Å². The molecule has 0 aliphatic rings. The molecule has 0 fully saturated rings. The van der Waals surface area contributed by atoms with Gasteiger partial charge in [-0.1, -0.05) is 0 Å². The first-order chi connectivity index (χ1) is 13.5. The molecule has 1 aromatic heterocycles. The fourth-order valence-corrected chi connectivity index (χ4v) is 3.05. The predicted molar refractivity (Wildman–Crippen MR) is 105 cm³/mol. The molecule has 1 N–H and O–H groups in total. The lowest BCUT2D eigenvalue weighted by Gasteiger charge is -2.08. The second-order valence-corrected chi connectivity index (χ2v) is 6.30. The van der Waals surface area contributed by atoms with Gasteiger partial charge in [0.05, 0.1) is 31.1 Å². The highest BCUT2D eigenvalue weighted by molar-refractivity contribution is 7.14. The number of hydrogen-bond donors (Lipinski definition) is 1. The monoisotopic (exact) mass is 402 g/mol. The van der Waals surface area contributed by atoms with E-state index in [0.717, 1.165) is 5.56 Å². The normalized spacial score (nSPS) is 10.8. The Morgan fingerprint density at radius 3 is 2.57 bits per heavy atom. The first-order valence-electron chi connectivity index (χ1n) is 7.92. The molecule has 0 saturated heterocycles. The van der Waals surface area contributed by atoms with Crippen LogP contribution in [0.2, 0.25) is 0 Å². The molecule has 1 heterocycles. The van der Waals surface area contributed by atoms with Crippen molar-refractivity contribution < 1.29 is 18.8 Å². The van der Waals surface area contributed by atoms with Gasteiger partial charge in [0.2, 0.25) is 10.9 Å². The highest BCUT2D eigenvalue weighted by atomic mass is 32.1. The molecule has 0 amide bonds. The predicted octanol–water partition coefficient (Wildman–Crippen LogP) is 4.32. The van der Waals surface area contributed by atoms with E-state index in [4.69, 9.17) is 9.47 Å². The van der Waals surface area contributed by atoms with Crippen molar-refractivity contribution in [1.82, 2.24) is 4.98 Å². The summed E-state index contributed by atoms with van der Waals surface area (Å²) in [5.41, 5.74) is 4.43. The van der Waals surface area contributed by atoms with Gasteiger partial charge in [-0.25, -0.2) is 9.37 Å². The number of aromatic nitrogens is 1. The number of nitrogens with zero attached hydrogens (tertiary/aromatic N) is 3. The van der Waals surface area contributed by atoms with Gasteiger partial charge in [0.15, 0.2) is 0 Å². The van der Waals surface area contributed by atoms with Gasteiger partial charge in [-0.15, -0.1) is 11.3 Å². The van der Waals surface area contributed by atoms with Crippen molar-refractivity contribution in [2.24, 2.45) is 5.10 Å². The third kappa shape index (κ3) is 4.23. The van der Waals surface area contributed by atoms with Crippen LogP contribution < -0.4 is 14.9 Å². The molecule has 0 aliphatic carbocycles. The lowest BCUT2D eigenvalue weighted by molar-refractivity contribution is -0.385. The molecule has 0 aliphatic heterocycles. The van der Waals surface area contributed by atoms with Crippen molar-refractivity contribution in [2.45, 2.75) is 0 Å². The SMILES string of the molecule is COc1cc(OC)c([N+](=O)[O-])cc1/C=N\Nc1nc(-c2ccc(F)cc2)cs1. The zero-order valence-electron chi connectivity index (χ0n) is 14.9. The average Bonchev–Trinajstić information content (AvgIpc) is 3.16. The van der Waals surface area contributed by atoms with Crippen molar-refractivity contribution in [3.05, 3.63) is 63.3 Å². The number of hydrogen-bond acceptors (Lipinski definition) is 8. The van der Waals surface area contributed by atoms with Crippen LogP contribution in [0.4, 0.5) is 15.2 Å². The Kier molecular flexibility index (Phi) is 5.80. The van der Waals surface area contributed by atoms with Gasteiger partial charge in [0.1, 0.15) is 11.6 Å². The molecule has 0 unspecified atom stereocenters. The Bertz CT molecular complexity index is 1020. The van der Waals surface area contributed by atoms with Gasteiger partial charge in [0.25, 0.3) is 0 Å². The average molecular weight is 402 g/mol. The first kappa shape index (κ1) is 19.2. The maximum atomic E-state index is 13.0. The number of nitrogens with one attached hydrogen (secondary N) is 1. The van der Waals surface area contributed by atoms with E-state index in [2.05, 4.69) is 15.5 Å². The number of nitro benzene ring substituents is 1. The molecule has 28 heavy (non-hydrogen) atoms. The second kappa shape index (κ2) is 8.44. The van der Waals surface area contributed by atoms with Crippen LogP contribution in [0, 0.1) is 15.9 Å². The van der Waals surface area contributed by atoms with E-state index >= 15 is 0 Å². The van der Waals surface area contributed by atoms with Crippen molar-refractivity contribution >= 4 is 28.4 Å². The summed E-state index contributed by atoms with van der Waals surface area (Å²) in [5, 5.41) is 17.6. The van der Waals surface area contributed by atoms with E-state index in [-0.39, 0.29) is 17.3 Å². The number of benzene rings is 2. The second-order valence-electron chi connectivity index (χ2n) is 5.44. The molecule has 2 aromatic carbocycles. The van der Waals surface area contributed by atoms with Crippen molar-refractivity contribution in [2.75, 3.05) is 19.6 Å². The topological polar surface area (TPSA) is 98.9 Å². The van der Waals surface area contributed by atoms with E-state index in [1.807, 2.05) is 5.38 Å². The summed E-state index contributed by atoms with van der Waals surface area (Å²) in [6.45, 7) is 0. The maximum absolute atomic E-state index is 13.0. The van der Waals surface area contributed by atoms with Crippen molar-refractivity contribution in [3.63, 3.8) is 0 Å². The van der Waals surface area contributed by atoms with E-state index < -0.39 is 4.92 Å². The van der Waals surface area contributed by atoms with Crippen LogP contribution in [-0.2, 0) is 0 Å². The van der Waals surface area contributed by atoms with E-state index in [1.165, 1.54) is 56.0 Å². The van der Waals surface area contributed by atoms with Crippen LogP contribution >= 0.6 is 11.3 Å². The molecule has 3 aromatic rings. The molecule has 0 atom stereocenters. The zero-order valence-corrected chi connectivity index (χ0v) is 15.7. The number of ether oxygens (including phenoxy) is 2. The number of rotatable bonds is 7. The number of halogens is 1. The summed E-state index contributed by atoms with van der Waals surface area (Å²) in [5.74, 6) is 0.152. The van der Waals surface area contributed by atoms with Crippen LogP contribution in [-0.4, -0.2) is 30.3 Å². The molecule has 3 rings (SSSR count). The smallest absolute Gasteiger partial charge is 0.311 e. The number of hydrazone groups is 1. The molecule has 144 valence electrons. The van der Waals surface area contributed by atoms with Crippen LogP contribution in [0.5, 0.6) is 11.5 Å². The first-order valence-corrected chi connectivity index (χ1v) is 8.80. The van der Waals surface area contributed by atoms with Crippen LogP contribution in [0.15, 0.2) is 46.9 Å². The minimum absolute atomic E-state index is 0.0934. The van der Waals surface area contributed by atoms with Gasteiger partial charge in [0, 0.05) is 28.6 Å². The third-order valence-corrected chi connectivity index (χ3v) is 4.48. The third-order valence-electron chi connectivity index (χ3n) is 3.74. The zero-order chi connectivity index (χ0) is 20.1. The van der Waals surface area contributed by atoms with Crippen molar-refractivity contribution in [3.8, 4) is 22.8 Å². The lowest BCUT2D eigenvalue weighted by atomic mass is 10.1. The van der Waals surface area contributed by atoms with E-state index in [1.54, 1.807) is 12.1 Å². The van der Waals surface area contributed by atoms with Crippen molar-refractivity contribution in [1.29, 1.82) is 0 Å². The van der Waals surface area contributed by atoms with E-state index in [0.29, 0.717) is 22.1 Å². The summed E-state index contributed by atoms with van der Waals surface area (Å²) < 4.78 is 23.3. The Morgan fingerprint density at radius 1 is 1.21 bits per heavy atom.